The van der Waals surface area contributed by atoms with Gasteiger partial charge in [-0.1, -0.05) is 182 Å². The van der Waals surface area contributed by atoms with Crippen molar-refractivity contribution < 1.29 is 91.5 Å². The molecule has 0 aliphatic carbocycles. The second kappa shape index (κ2) is 32.9. The van der Waals surface area contributed by atoms with Gasteiger partial charge in [0.2, 0.25) is 5.91 Å². The van der Waals surface area contributed by atoms with Crippen LogP contribution >= 0.6 is 0 Å². The molecule has 4 aliphatic heterocycles. The van der Waals surface area contributed by atoms with E-state index in [-0.39, 0.29) is 46.2 Å². The van der Waals surface area contributed by atoms with Gasteiger partial charge in [-0.25, -0.2) is 0 Å². The van der Waals surface area contributed by atoms with Crippen molar-refractivity contribution in [2.24, 2.45) is 0 Å². The molecule has 0 bridgehead atoms. The molecule has 6 aromatic carbocycles. The van der Waals surface area contributed by atoms with Gasteiger partial charge < -0.3 is 92.1 Å². The molecule has 89 heavy (non-hydrogen) atoms. The van der Waals surface area contributed by atoms with Crippen LogP contribution in [0.4, 0.5) is 0 Å². The highest BCUT2D eigenvalue weighted by Crippen LogP contribution is 2.39. The summed E-state index contributed by atoms with van der Waals surface area (Å²) in [5.74, 6) is -0.496. The predicted molar refractivity (Wildman–Crippen MR) is 322 cm³/mol. The van der Waals surface area contributed by atoms with Crippen molar-refractivity contribution in [1.82, 2.24) is 5.32 Å². The van der Waals surface area contributed by atoms with Gasteiger partial charge >= 0.3 is 0 Å². The van der Waals surface area contributed by atoms with Gasteiger partial charge in [-0.15, -0.1) is 0 Å². The molecular weight excluding hydrogens is 1150 g/mol. The van der Waals surface area contributed by atoms with Gasteiger partial charge in [-0.2, -0.15) is 0 Å². The molecular formula is C69H83NO19. The number of carbonyl (C=O) groups excluding carboxylic acids is 1. The summed E-state index contributed by atoms with van der Waals surface area (Å²) in [5.41, 5.74) is 5.27. The number of hydrogen-bond donors (Lipinski definition) is 5. The number of aliphatic hydroxyl groups excluding tert-OH is 4. The van der Waals surface area contributed by atoms with E-state index >= 15 is 0 Å². The van der Waals surface area contributed by atoms with E-state index in [1.165, 1.54) is 14.0 Å². The molecule has 0 spiro atoms. The van der Waals surface area contributed by atoms with Gasteiger partial charge in [0, 0.05) is 14.0 Å². The molecule has 0 aromatic heterocycles. The van der Waals surface area contributed by atoms with E-state index < -0.39 is 135 Å². The third kappa shape index (κ3) is 17.6. The van der Waals surface area contributed by atoms with E-state index in [0.29, 0.717) is 0 Å². The molecule has 5 N–H and O–H groups in total. The fourth-order valence-corrected chi connectivity index (χ4v) is 11.6. The first-order valence-corrected chi connectivity index (χ1v) is 30.4. The molecule has 6 aromatic rings. The maximum atomic E-state index is 13.2. The van der Waals surface area contributed by atoms with Crippen LogP contribution in [0.1, 0.15) is 54.2 Å². The summed E-state index contributed by atoms with van der Waals surface area (Å²) < 4.78 is 93.2. The minimum atomic E-state index is -1.74. The van der Waals surface area contributed by atoms with E-state index in [1.54, 1.807) is 13.8 Å². The van der Waals surface area contributed by atoms with E-state index in [4.69, 9.17) is 66.3 Å². The zero-order chi connectivity index (χ0) is 62.1. The third-order valence-corrected chi connectivity index (χ3v) is 16.2. The van der Waals surface area contributed by atoms with Crippen molar-refractivity contribution in [2.45, 2.75) is 183 Å². The average molecular weight is 1230 g/mol. The molecule has 0 unspecified atom stereocenters. The van der Waals surface area contributed by atoms with Crippen LogP contribution in [0.5, 0.6) is 0 Å². The lowest BCUT2D eigenvalue weighted by Gasteiger charge is -2.51. The standard InChI is InChI=1S/C69H83NO19/c1-43-58(78-37-47-25-13-6-14-26-47)62(56(74)67(83-43)87-61-54(70-45(3)72)66(76-4)85-52(35-71)55(61)73)88-68-57(75)63(59(44(2)84-68)79-38-48-27-15-7-16-28-48)89-69-65(82-41-51-33-21-10-22-34-51)64(81-40-50-31-19-9-20-32-50)60(80-39-49-29-17-8-18-30-49)53(86-69)42-77-36-46-23-11-5-12-24-46/h5-34,43-44,52-69,71,73-75H,35-42H2,1-4H3,(H,70,72)/t43-,44-,52+,53+,54+,55+,56+,57+,58-,59-,60+,61+,62-,63-,64-,65+,66+,67-,68-,69+/m0/s1. The second-order valence-corrected chi connectivity index (χ2v) is 22.7. The van der Waals surface area contributed by atoms with Crippen molar-refractivity contribution >= 4 is 5.91 Å². The van der Waals surface area contributed by atoms with Crippen LogP contribution in [0, 0.1) is 0 Å². The smallest absolute Gasteiger partial charge is 0.217 e. The maximum Gasteiger partial charge on any atom is 0.217 e. The van der Waals surface area contributed by atoms with Crippen LogP contribution in [0.25, 0.3) is 0 Å². The van der Waals surface area contributed by atoms with Gasteiger partial charge in [0.05, 0.1) is 65.1 Å². The predicted octanol–water partition coefficient (Wildman–Crippen LogP) is 6.45. The Morgan fingerprint density at radius 1 is 0.404 bits per heavy atom. The van der Waals surface area contributed by atoms with Gasteiger partial charge in [0.1, 0.15) is 85.4 Å². The zero-order valence-corrected chi connectivity index (χ0v) is 50.4. The molecule has 10 rings (SSSR count). The van der Waals surface area contributed by atoms with E-state index in [9.17, 15) is 25.2 Å². The number of carbonyl (C=O) groups is 1. The van der Waals surface area contributed by atoms with Crippen LogP contribution in [0.2, 0.25) is 0 Å². The summed E-state index contributed by atoms with van der Waals surface area (Å²) in [4.78, 5) is 12.6. The summed E-state index contributed by atoms with van der Waals surface area (Å²) in [7, 11) is 1.34. The van der Waals surface area contributed by atoms with E-state index in [2.05, 4.69) is 5.32 Å². The molecule has 0 saturated carbocycles. The van der Waals surface area contributed by atoms with Gasteiger partial charge in [-0.3, -0.25) is 4.79 Å². The molecule has 4 aliphatic rings. The van der Waals surface area contributed by atoms with Crippen LogP contribution < -0.4 is 5.32 Å². The van der Waals surface area contributed by atoms with Crippen molar-refractivity contribution in [3.05, 3.63) is 215 Å². The third-order valence-electron chi connectivity index (χ3n) is 16.2. The first kappa shape index (κ1) is 66.0. The normalized spacial score (nSPS) is 32.3. The molecule has 20 nitrogen and oxygen atoms in total. The highest BCUT2D eigenvalue weighted by atomic mass is 16.8. The van der Waals surface area contributed by atoms with Crippen molar-refractivity contribution in [3.8, 4) is 0 Å². The van der Waals surface area contributed by atoms with Gasteiger partial charge in [0.15, 0.2) is 25.2 Å². The topological polar surface area (TPSA) is 239 Å². The fourth-order valence-electron chi connectivity index (χ4n) is 11.6. The Balaban J connectivity index is 1.01. The zero-order valence-electron chi connectivity index (χ0n) is 50.4. The van der Waals surface area contributed by atoms with Crippen LogP contribution in [0.3, 0.4) is 0 Å². The van der Waals surface area contributed by atoms with E-state index in [1.807, 2.05) is 182 Å². The number of aliphatic hydroxyl groups is 4. The molecule has 4 fully saturated rings. The highest BCUT2D eigenvalue weighted by molar-refractivity contribution is 5.73. The summed E-state index contributed by atoms with van der Waals surface area (Å²) in [6, 6.07) is 56.9. The summed E-state index contributed by atoms with van der Waals surface area (Å²) in [5, 5.41) is 50.5. The Labute approximate surface area is 519 Å². The number of hydrogen-bond acceptors (Lipinski definition) is 19. The van der Waals surface area contributed by atoms with Crippen LogP contribution in [0.15, 0.2) is 182 Å². The molecule has 20 heteroatoms. The summed E-state index contributed by atoms with van der Waals surface area (Å²) >= 11 is 0. The number of amides is 1. The lowest BCUT2D eigenvalue weighted by Crippen LogP contribution is -2.69. The Morgan fingerprint density at radius 2 is 0.753 bits per heavy atom. The first-order chi connectivity index (χ1) is 43.4. The van der Waals surface area contributed by atoms with Gasteiger partial charge in [0.25, 0.3) is 0 Å². The minimum Gasteiger partial charge on any atom is -0.394 e. The fraction of sp³-hybridized carbons (Fsp3) is 0.464. The lowest BCUT2D eigenvalue weighted by atomic mass is 9.94. The lowest BCUT2D eigenvalue weighted by molar-refractivity contribution is -0.391. The molecule has 20 atom stereocenters. The Bertz CT molecular complexity index is 2980. The Kier molecular flexibility index (Phi) is 24.4. The molecule has 478 valence electrons. The van der Waals surface area contributed by atoms with Crippen molar-refractivity contribution in [1.29, 1.82) is 0 Å². The Hall–Kier alpha value is -5.93. The Morgan fingerprint density at radius 3 is 1.15 bits per heavy atom. The number of rotatable bonds is 28. The number of nitrogens with one attached hydrogen (secondary N) is 1. The largest absolute Gasteiger partial charge is 0.394 e. The minimum absolute atomic E-state index is 0.0217. The first-order valence-electron chi connectivity index (χ1n) is 30.4. The van der Waals surface area contributed by atoms with E-state index in [0.717, 1.165) is 33.4 Å². The average Bonchev–Trinajstić information content (AvgIpc) is 2.14. The van der Waals surface area contributed by atoms with Crippen LogP contribution in [-0.2, 0) is 111 Å². The number of ether oxygens (including phenoxy) is 14. The number of benzene rings is 6. The van der Waals surface area contributed by atoms with Gasteiger partial charge in [-0.05, 0) is 47.2 Å². The van der Waals surface area contributed by atoms with Crippen molar-refractivity contribution in [3.63, 3.8) is 0 Å². The molecule has 0 radical (unpaired) electrons. The summed E-state index contributed by atoms with van der Waals surface area (Å²) in [6.07, 6.45) is -23.5. The monoisotopic (exact) mass is 1230 g/mol. The highest BCUT2D eigenvalue weighted by Gasteiger charge is 2.57. The van der Waals surface area contributed by atoms with Crippen LogP contribution in [-0.4, -0.2) is 169 Å². The maximum absolute atomic E-state index is 13.2. The summed E-state index contributed by atoms with van der Waals surface area (Å²) in [6.45, 7) is 5.00. The molecule has 4 saturated heterocycles. The molecule has 1 amide bonds. The number of methoxy groups -OCH3 is 1. The molecule has 4 heterocycles. The quantitative estimate of drug-likeness (QED) is 0.0355. The SMILES string of the molecule is CO[C@@H]1O[C@H](CO)[C@@H](O)[C@H](O[C@@H]2O[C@@H](C)[C@H](OCc3ccccc3)[C@@H](O[C@@H]3O[C@@H](C)[C@H](OCc4ccccc4)[C@@H](O[C@H]4O[C@H](COCc5ccccc5)[C@@H](OCc5ccccc5)[C@H](OCc5ccccc5)[C@H]4OCc4ccccc4)[C@H]3O)[C@H]2O)[C@H]1NC(C)=O. The van der Waals surface area contributed by atoms with Crippen molar-refractivity contribution in [2.75, 3.05) is 20.3 Å². The second-order valence-electron chi connectivity index (χ2n) is 22.7.